The molecule has 0 aliphatic rings. The third kappa shape index (κ3) is 2.70. The third-order valence-corrected chi connectivity index (χ3v) is 4.00. The summed E-state index contributed by atoms with van der Waals surface area (Å²) in [6, 6.07) is 15.6. The van der Waals surface area contributed by atoms with E-state index in [2.05, 4.69) is 39.4 Å². The Balaban J connectivity index is 1.76. The van der Waals surface area contributed by atoms with Crippen LogP contribution in [0.1, 0.15) is 5.56 Å². The lowest BCUT2D eigenvalue weighted by atomic mass is 10.2. The van der Waals surface area contributed by atoms with Crippen molar-refractivity contribution in [2.24, 2.45) is 0 Å². The van der Waals surface area contributed by atoms with Gasteiger partial charge < -0.3 is 5.32 Å². The van der Waals surface area contributed by atoms with Gasteiger partial charge in [0.1, 0.15) is 12.1 Å². The van der Waals surface area contributed by atoms with E-state index in [9.17, 15) is 0 Å². The lowest BCUT2D eigenvalue weighted by Crippen LogP contribution is -1.99. The largest absolute Gasteiger partial charge is 0.340 e. The van der Waals surface area contributed by atoms with Crippen LogP contribution >= 0.6 is 11.6 Å². The Morgan fingerprint density at radius 2 is 1.71 bits per heavy atom. The number of rotatable bonds is 3. The molecular formula is C18H14ClN5. The highest BCUT2D eigenvalue weighted by atomic mass is 35.5. The van der Waals surface area contributed by atoms with Crippen LogP contribution in [0, 0.1) is 6.92 Å². The quantitative estimate of drug-likeness (QED) is 0.598. The second-order valence-corrected chi connectivity index (χ2v) is 5.92. The summed E-state index contributed by atoms with van der Waals surface area (Å²) in [4.78, 5) is 8.72. The average Bonchev–Trinajstić information content (AvgIpc) is 3.03. The molecule has 4 aromatic rings. The molecule has 2 heterocycles. The van der Waals surface area contributed by atoms with Gasteiger partial charge in [0.15, 0.2) is 5.65 Å². The van der Waals surface area contributed by atoms with Gasteiger partial charge in [-0.25, -0.2) is 14.6 Å². The minimum absolute atomic E-state index is 0.695. The fourth-order valence-electron chi connectivity index (χ4n) is 2.49. The summed E-state index contributed by atoms with van der Waals surface area (Å²) in [5, 5.41) is 9.30. The van der Waals surface area contributed by atoms with Crippen LogP contribution in [0.3, 0.4) is 0 Å². The van der Waals surface area contributed by atoms with Crippen molar-refractivity contribution in [1.82, 2.24) is 19.7 Å². The molecule has 0 spiro atoms. The second-order valence-electron chi connectivity index (χ2n) is 5.48. The van der Waals surface area contributed by atoms with E-state index in [1.54, 1.807) is 6.20 Å². The molecule has 0 radical (unpaired) electrons. The fourth-order valence-corrected chi connectivity index (χ4v) is 2.61. The predicted octanol–water partition coefficient (Wildman–Crippen LogP) is 4.52. The summed E-state index contributed by atoms with van der Waals surface area (Å²) in [6.07, 6.45) is 3.31. The second kappa shape index (κ2) is 5.94. The van der Waals surface area contributed by atoms with Crippen molar-refractivity contribution in [3.8, 4) is 5.69 Å². The van der Waals surface area contributed by atoms with Crippen LogP contribution in [0.15, 0.2) is 61.1 Å². The molecule has 0 saturated carbocycles. The molecule has 0 bridgehead atoms. The Kier molecular flexibility index (Phi) is 3.63. The summed E-state index contributed by atoms with van der Waals surface area (Å²) in [6.45, 7) is 2.06. The van der Waals surface area contributed by atoms with Gasteiger partial charge >= 0.3 is 0 Å². The van der Waals surface area contributed by atoms with Gasteiger partial charge in [-0.15, -0.1) is 0 Å². The molecule has 118 valence electrons. The van der Waals surface area contributed by atoms with Crippen molar-refractivity contribution in [2.45, 2.75) is 6.92 Å². The first-order valence-electron chi connectivity index (χ1n) is 7.49. The Labute approximate surface area is 143 Å². The number of aryl methyl sites for hydroxylation is 1. The molecule has 2 aromatic heterocycles. The average molecular weight is 336 g/mol. The lowest BCUT2D eigenvalue weighted by molar-refractivity contribution is 0.894. The van der Waals surface area contributed by atoms with Gasteiger partial charge in [0, 0.05) is 10.7 Å². The van der Waals surface area contributed by atoms with Gasteiger partial charge in [-0.05, 0) is 43.3 Å². The SMILES string of the molecule is Cc1ccc(-n2ncc3c(Nc4ccc(Cl)cc4)ncnc32)cc1. The number of hydrogen-bond donors (Lipinski definition) is 1. The summed E-state index contributed by atoms with van der Waals surface area (Å²) in [5.74, 6) is 0.709. The monoisotopic (exact) mass is 335 g/mol. The molecule has 0 aliphatic carbocycles. The smallest absolute Gasteiger partial charge is 0.168 e. The summed E-state index contributed by atoms with van der Waals surface area (Å²) in [5.41, 5.74) is 3.83. The number of anilines is 2. The van der Waals surface area contributed by atoms with E-state index in [0.717, 1.165) is 22.4 Å². The number of hydrogen-bond acceptors (Lipinski definition) is 4. The Morgan fingerprint density at radius 3 is 2.46 bits per heavy atom. The number of nitrogens with one attached hydrogen (secondary N) is 1. The van der Waals surface area contributed by atoms with E-state index in [1.807, 2.05) is 41.1 Å². The lowest BCUT2D eigenvalue weighted by Gasteiger charge is -2.07. The van der Waals surface area contributed by atoms with Crippen LogP contribution in [0.2, 0.25) is 5.02 Å². The molecule has 1 N–H and O–H groups in total. The number of benzene rings is 2. The van der Waals surface area contributed by atoms with Crippen LogP contribution in [0.4, 0.5) is 11.5 Å². The van der Waals surface area contributed by atoms with Crippen molar-refractivity contribution in [1.29, 1.82) is 0 Å². The molecule has 2 aromatic carbocycles. The zero-order valence-electron chi connectivity index (χ0n) is 12.9. The predicted molar refractivity (Wildman–Crippen MR) is 96.1 cm³/mol. The number of halogens is 1. The van der Waals surface area contributed by atoms with E-state index in [1.165, 1.54) is 11.9 Å². The van der Waals surface area contributed by atoms with Crippen LogP contribution in [0.5, 0.6) is 0 Å². The highest BCUT2D eigenvalue weighted by Gasteiger charge is 2.11. The first-order valence-corrected chi connectivity index (χ1v) is 7.87. The highest BCUT2D eigenvalue weighted by molar-refractivity contribution is 6.30. The molecule has 0 amide bonds. The van der Waals surface area contributed by atoms with Crippen molar-refractivity contribution in [3.05, 3.63) is 71.6 Å². The van der Waals surface area contributed by atoms with Gasteiger partial charge in [-0.2, -0.15) is 5.10 Å². The number of fused-ring (bicyclic) bond motifs is 1. The van der Waals surface area contributed by atoms with Gasteiger partial charge in [0.2, 0.25) is 0 Å². The molecule has 6 heteroatoms. The van der Waals surface area contributed by atoms with Crippen molar-refractivity contribution in [2.75, 3.05) is 5.32 Å². The molecule has 5 nitrogen and oxygen atoms in total. The summed E-state index contributed by atoms with van der Waals surface area (Å²) in [7, 11) is 0. The third-order valence-electron chi connectivity index (χ3n) is 3.75. The van der Waals surface area contributed by atoms with Crippen molar-refractivity contribution >= 4 is 34.1 Å². The van der Waals surface area contributed by atoms with E-state index >= 15 is 0 Å². The maximum Gasteiger partial charge on any atom is 0.168 e. The zero-order valence-corrected chi connectivity index (χ0v) is 13.7. The Morgan fingerprint density at radius 1 is 0.958 bits per heavy atom. The van der Waals surface area contributed by atoms with E-state index < -0.39 is 0 Å². The first-order chi connectivity index (χ1) is 11.7. The molecule has 24 heavy (non-hydrogen) atoms. The van der Waals surface area contributed by atoms with Gasteiger partial charge in [-0.1, -0.05) is 29.3 Å². The fraction of sp³-hybridized carbons (Fsp3) is 0.0556. The number of aromatic nitrogens is 4. The van der Waals surface area contributed by atoms with Gasteiger partial charge in [-0.3, -0.25) is 0 Å². The molecule has 0 saturated heterocycles. The van der Waals surface area contributed by atoms with Gasteiger partial charge in [0.25, 0.3) is 0 Å². The summed E-state index contributed by atoms with van der Waals surface area (Å²) >= 11 is 5.93. The maximum atomic E-state index is 5.93. The van der Waals surface area contributed by atoms with Crippen LogP contribution in [-0.4, -0.2) is 19.7 Å². The maximum absolute atomic E-state index is 5.93. The Bertz CT molecular complexity index is 990. The van der Waals surface area contributed by atoms with E-state index in [0.29, 0.717) is 10.8 Å². The highest BCUT2D eigenvalue weighted by Crippen LogP contribution is 2.25. The minimum Gasteiger partial charge on any atom is -0.340 e. The van der Waals surface area contributed by atoms with Crippen LogP contribution < -0.4 is 5.32 Å². The molecule has 0 fully saturated rings. The van der Waals surface area contributed by atoms with Crippen LogP contribution in [-0.2, 0) is 0 Å². The molecule has 4 rings (SSSR count). The van der Waals surface area contributed by atoms with Gasteiger partial charge in [0.05, 0.1) is 17.3 Å². The standard InChI is InChI=1S/C18H14ClN5/c1-12-2-8-15(9-3-12)24-18-16(10-22-24)17(20-11-21-18)23-14-6-4-13(19)5-7-14/h2-11H,1H3,(H,20,21,23). The molecular weight excluding hydrogens is 322 g/mol. The van der Waals surface area contributed by atoms with Crippen molar-refractivity contribution < 1.29 is 0 Å². The zero-order chi connectivity index (χ0) is 16.5. The molecule has 0 atom stereocenters. The normalized spacial score (nSPS) is 10.9. The van der Waals surface area contributed by atoms with Crippen molar-refractivity contribution in [3.63, 3.8) is 0 Å². The Hall–Kier alpha value is -2.92. The topological polar surface area (TPSA) is 55.6 Å². The van der Waals surface area contributed by atoms with E-state index in [4.69, 9.17) is 11.6 Å². The summed E-state index contributed by atoms with van der Waals surface area (Å²) < 4.78 is 1.81. The van der Waals surface area contributed by atoms with E-state index in [-0.39, 0.29) is 0 Å². The molecule has 0 unspecified atom stereocenters. The first kappa shape index (κ1) is 14.7. The number of nitrogens with zero attached hydrogens (tertiary/aromatic N) is 4. The minimum atomic E-state index is 0.695. The van der Waals surface area contributed by atoms with Crippen LogP contribution in [0.25, 0.3) is 16.7 Å². The molecule has 0 aliphatic heterocycles.